The lowest BCUT2D eigenvalue weighted by Gasteiger charge is -2.12. The van der Waals surface area contributed by atoms with Crippen molar-refractivity contribution in [2.75, 3.05) is 11.9 Å². The van der Waals surface area contributed by atoms with Gasteiger partial charge in [0.15, 0.2) is 5.11 Å². The maximum atomic E-state index is 12.3. The molecule has 0 unspecified atom stereocenters. The van der Waals surface area contributed by atoms with Crippen molar-refractivity contribution in [1.82, 2.24) is 5.32 Å². The summed E-state index contributed by atoms with van der Waals surface area (Å²) in [5.74, 6) is 0.228. The zero-order chi connectivity index (χ0) is 19.3. The van der Waals surface area contributed by atoms with Crippen LogP contribution in [0.1, 0.15) is 22.8 Å². The molecule has 0 aromatic heterocycles. The molecule has 0 saturated carbocycles. The fourth-order valence-electron chi connectivity index (χ4n) is 2.20. The van der Waals surface area contributed by atoms with Gasteiger partial charge in [0.05, 0.1) is 27.3 Å². The fourth-order valence-corrected chi connectivity index (χ4v) is 2.90. The lowest BCUT2D eigenvalue weighted by atomic mass is 10.1. The van der Waals surface area contributed by atoms with Gasteiger partial charge in [0, 0.05) is 11.6 Å². The van der Waals surface area contributed by atoms with Crippen LogP contribution in [-0.4, -0.2) is 22.5 Å². The van der Waals surface area contributed by atoms with Gasteiger partial charge in [-0.2, -0.15) is 0 Å². The molecule has 9 heteroatoms. The molecule has 0 aliphatic carbocycles. The number of amides is 1. The summed E-state index contributed by atoms with van der Waals surface area (Å²) in [7, 11) is 0. The number of hydrogen-bond donors (Lipinski definition) is 2. The maximum absolute atomic E-state index is 12.3. The average molecular weight is 438 g/mol. The Balaban J connectivity index is 2.08. The van der Waals surface area contributed by atoms with Crippen molar-refractivity contribution in [2.24, 2.45) is 0 Å². The van der Waals surface area contributed by atoms with Gasteiger partial charge < -0.3 is 10.1 Å². The highest BCUT2D eigenvalue weighted by atomic mass is 79.9. The Labute approximate surface area is 164 Å². The summed E-state index contributed by atoms with van der Waals surface area (Å²) in [6, 6.07) is 9.52. The first-order valence-electron chi connectivity index (χ1n) is 7.62. The molecule has 0 aliphatic heterocycles. The van der Waals surface area contributed by atoms with E-state index in [1.54, 1.807) is 37.3 Å². The van der Waals surface area contributed by atoms with E-state index in [9.17, 15) is 14.9 Å². The predicted molar refractivity (Wildman–Crippen MR) is 107 cm³/mol. The monoisotopic (exact) mass is 437 g/mol. The number of carbonyl (C=O) groups is 1. The number of carbonyl (C=O) groups excluding carboxylic acids is 1. The van der Waals surface area contributed by atoms with Crippen molar-refractivity contribution in [3.05, 3.63) is 62.1 Å². The van der Waals surface area contributed by atoms with E-state index in [1.165, 1.54) is 6.07 Å². The van der Waals surface area contributed by atoms with Gasteiger partial charge >= 0.3 is 0 Å². The minimum Gasteiger partial charge on any atom is -0.493 e. The summed E-state index contributed by atoms with van der Waals surface area (Å²) in [6.45, 7) is 3.99. The molecule has 0 bridgehead atoms. The molecular weight excluding hydrogens is 422 g/mol. The highest BCUT2D eigenvalue weighted by Crippen LogP contribution is 2.26. The van der Waals surface area contributed by atoms with E-state index in [-0.39, 0.29) is 10.8 Å². The third-order valence-electron chi connectivity index (χ3n) is 3.47. The molecular formula is C17H16BrN3O4S. The summed E-state index contributed by atoms with van der Waals surface area (Å²) >= 11 is 8.48. The van der Waals surface area contributed by atoms with Crippen LogP contribution in [0.15, 0.2) is 40.9 Å². The molecule has 2 N–H and O–H groups in total. The molecule has 7 nitrogen and oxygen atoms in total. The molecule has 0 fully saturated rings. The quantitative estimate of drug-likeness (QED) is 0.413. The minimum absolute atomic E-state index is 0.0282. The molecule has 2 aromatic carbocycles. The van der Waals surface area contributed by atoms with Crippen molar-refractivity contribution in [2.45, 2.75) is 13.8 Å². The largest absolute Gasteiger partial charge is 0.493 e. The van der Waals surface area contributed by atoms with E-state index in [1.807, 2.05) is 6.92 Å². The van der Waals surface area contributed by atoms with Crippen LogP contribution in [0.4, 0.5) is 11.4 Å². The molecule has 26 heavy (non-hydrogen) atoms. The van der Waals surface area contributed by atoms with Crippen LogP contribution in [0, 0.1) is 17.0 Å². The number of nitrogens with one attached hydrogen (secondary N) is 2. The molecule has 2 rings (SSSR count). The van der Waals surface area contributed by atoms with Crippen LogP contribution >= 0.6 is 28.1 Å². The summed E-state index contributed by atoms with van der Waals surface area (Å²) in [4.78, 5) is 22.8. The second-order valence-corrected chi connectivity index (χ2v) is 6.46. The number of nitro benzene ring substituents is 1. The highest BCUT2D eigenvalue weighted by molar-refractivity contribution is 9.10. The van der Waals surface area contributed by atoms with E-state index >= 15 is 0 Å². The van der Waals surface area contributed by atoms with Crippen molar-refractivity contribution < 1.29 is 14.5 Å². The fraction of sp³-hybridized carbons (Fsp3) is 0.176. The topological polar surface area (TPSA) is 93.5 Å². The lowest BCUT2D eigenvalue weighted by molar-refractivity contribution is -0.385. The molecule has 0 atom stereocenters. The van der Waals surface area contributed by atoms with Crippen LogP contribution in [-0.2, 0) is 0 Å². The van der Waals surface area contributed by atoms with E-state index in [0.29, 0.717) is 33.6 Å². The Bertz CT molecular complexity index is 873. The number of rotatable bonds is 5. The van der Waals surface area contributed by atoms with E-state index in [2.05, 4.69) is 26.6 Å². The van der Waals surface area contributed by atoms with Crippen molar-refractivity contribution in [1.29, 1.82) is 0 Å². The molecule has 0 radical (unpaired) electrons. The van der Waals surface area contributed by atoms with Crippen LogP contribution in [0.2, 0.25) is 0 Å². The Morgan fingerprint density at radius 1 is 1.35 bits per heavy atom. The van der Waals surface area contributed by atoms with Crippen LogP contribution < -0.4 is 15.4 Å². The Morgan fingerprint density at radius 2 is 2.08 bits per heavy atom. The van der Waals surface area contributed by atoms with Gasteiger partial charge in [0.25, 0.3) is 11.6 Å². The second kappa shape index (κ2) is 8.72. The summed E-state index contributed by atoms with van der Waals surface area (Å²) < 4.78 is 6.06. The first-order chi connectivity index (χ1) is 12.3. The smallest absolute Gasteiger partial charge is 0.274 e. The molecule has 0 saturated heterocycles. The van der Waals surface area contributed by atoms with Gasteiger partial charge in [0.1, 0.15) is 5.75 Å². The van der Waals surface area contributed by atoms with Crippen LogP contribution in [0.3, 0.4) is 0 Å². The van der Waals surface area contributed by atoms with Gasteiger partial charge in [-0.1, -0.05) is 6.07 Å². The lowest BCUT2D eigenvalue weighted by Crippen LogP contribution is -2.34. The first-order valence-corrected chi connectivity index (χ1v) is 8.82. The van der Waals surface area contributed by atoms with Crippen LogP contribution in [0.25, 0.3) is 0 Å². The van der Waals surface area contributed by atoms with Crippen molar-refractivity contribution >= 4 is 50.5 Å². The first kappa shape index (κ1) is 19.8. The minimum atomic E-state index is -0.473. The zero-order valence-corrected chi connectivity index (χ0v) is 16.4. The predicted octanol–water partition coefficient (Wildman–Crippen LogP) is 4.19. The number of halogens is 1. The Kier molecular flexibility index (Phi) is 6.64. The molecule has 0 heterocycles. The van der Waals surface area contributed by atoms with Crippen molar-refractivity contribution in [3.8, 4) is 5.75 Å². The molecule has 0 aliphatic rings. The van der Waals surface area contributed by atoms with E-state index < -0.39 is 10.8 Å². The summed E-state index contributed by atoms with van der Waals surface area (Å²) in [5, 5.41) is 16.4. The Morgan fingerprint density at radius 3 is 2.69 bits per heavy atom. The summed E-state index contributed by atoms with van der Waals surface area (Å²) in [5.41, 5.74) is 1.25. The SMILES string of the molecule is CCOc1ccc(C(=O)NC(=S)Nc2cccc([N+](=O)[O-])c2C)cc1Br. The van der Waals surface area contributed by atoms with E-state index in [0.717, 1.165) is 0 Å². The third-order valence-corrected chi connectivity index (χ3v) is 4.29. The van der Waals surface area contributed by atoms with Gasteiger partial charge in [-0.25, -0.2) is 0 Å². The van der Waals surface area contributed by atoms with Gasteiger partial charge in [-0.05, 0) is 66.3 Å². The number of nitrogens with zero attached hydrogens (tertiary/aromatic N) is 1. The van der Waals surface area contributed by atoms with Gasteiger partial charge in [0.2, 0.25) is 0 Å². The van der Waals surface area contributed by atoms with E-state index in [4.69, 9.17) is 17.0 Å². The van der Waals surface area contributed by atoms with Crippen LogP contribution in [0.5, 0.6) is 5.75 Å². The average Bonchev–Trinajstić information content (AvgIpc) is 2.58. The maximum Gasteiger partial charge on any atom is 0.274 e. The standard InChI is InChI=1S/C17H16BrN3O4S/c1-3-25-15-8-7-11(9-12(15)18)16(22)20-17(26)19-13-5-4-6-14(10(13)2)21(23)24/h4-9H,3H2,1-2H3,(H2,19,20,22,26). The number of nitro groups is 1. The molecule has 1 amide bonds. The van der Waals surface area contributed by atoms with Gasteiger partial charge in [-0.3, -0.25) is 20.2 Å². The number of ether oxygens (including phenoxy) is 1. The molecule has 136 valence electrons. The zero-order valence-electron chi connectivity index (χ0n) is 14.0. The Hall–Kier alpha value is -2.52. The number of thiocarbonyl (C=S) groups is 1. The van der Waals surface area contributed by atoms with Gasteiger partial charge in [-0.15, -0.1) is 0 Å². The second-order valence-electron chi connectivity index (χ2n) is 5.19. The molecule has 0 spiro atoms. The summed E-state index contributed by atoms with van der Waals surface area (Å²) in [6.07, 6.45) is 0. The highest BCUT2D eigenvalue weighted by Gasteiger charge is 2.15. The normalized spacial score (nSPS) is 10.1. The molecule has 2 aromatic rings. The third kappa shape index (κ3) is 4.77. The van der Waals surface area contributed by atoms with Crippen molar-refractivity contribution in [3.63, 3.8) is 0 Å². The number of hydrogen-bond acceptors (Lipinski definition) is 5. The number of benzene rings is 2. The number of anilines is 1.